The monoisotopic (exact) mass is 432 g/mol. The Morgan fingerprint density at radius 3 is 1.44 bits per heavy atom. The molecule has 0 bridgehead atoms. The quantitative estimate of drug-likeness (QED) is 0.311. The molecule has 0 amide bonds. The van der Waals surface area contributed by atoms with Crippen LogP contribution in [0.4, 0.5) is 57.1 Å². The van der Waals surface area contributed by atoms with Crippen molar-refractivity contribution in [3.8, 4) is 0 Å². The van der Waals surface area contributed by atoms with Gasteiger partial charge >= 0.3 is 41.9 Å². The number of ether oxygens (including phenoxy) is 1. The molecule has 27 heavy (non-hydrogen) atoms. The van der Waals surface area contributed by atoms with Gasteiger partial charge in [-0.05, 0) is 13.3 Å². The second-order valence-electron chi connectivity index (χ2n) is 5.00. The molecule has 0 aromatic rings. The molecular formula is C12H9F13O2. The fourth-order valence-corrected chi connectivity index (χ4v) is 1.47. The largest absolute Gasteiger partial charge is 0.467 e. The summed E-state index contributed by atoms with van der Waals surface area (Å²) in [6.45, 7) is 1.79. The molecule has 0 heterocycles. The van der Waals surface area contributed by atoms with E-state index in [0.717, 1.165) is 0 Å². The zero-order valence-electron chi connectivity index (χ0n) is 13.0. The molecule has 0 saturated heterocycles. The van der Waals surface area contributed by atoms with Gasteiger partial charge in [-0.15, -0.1) is 0 Å². The summed E-state index contributed by atoms with van der Waals surface area (Å²) in [7, 11) is 0. The molecular weight excluding hydrogens is 423 g/mol. The van der Waals surface area contributed by atoms with Crippen molar-refractivity contribution in [1.29, 1.82) is 0 Å². The van der Waals surface area contributed by atoms with Crippen LogP contribution in [-0.4, -0.2) is 41.9 Å². The van der Waals surface area contributed by atoms with E-state index in [0.29, 0.717) is 13.0 Å². The topological polar surface area (TPSA) is 26.3 Å². The first kappa shape index (κ1) is 25.3. The summed E-state index contributed by atoms with van der Waals surface area (Å²) in [5.41, 5.74) is -1.04. The number of carbonyl (C=O) groups is 1. The normalized spacial score (nSPS) is 17.5. The number of esters is 1. The first-order valence-electron chi connectivity index (χ1n) is 6.47. The van der Waals surface area contributed by atoms with Crippen molar-refractivity contribution in [3.05, 3.63) is 11.6 Å². The van der Waals surface area contributed by atoms with Crippen LogP contribution >= 0.6 is 0 Å². The van der Waals surface area contributed by atoms with Crippen LogP contribution in [0.1, 0.15) is 20.3 Å². The van der Waals surface area contributed by atoms with Gasteiger partial charge in [0.15, 0.2) is 0 Å². The molecule has 0 radical (unpaired) electrons. The Morgan fingerprint density at radius 1 is 0.741 bits per heavy atom. The van der Waals surface area contributed by atoms with Gasteiger partial charge in [0, 0.05) is 5.57 Å². The SMILES string of the molecule is CCC=C(C)C(=O)OC(F)(C(F)(F)F)C(F)(F)C(F)(F)C(F)(F)C(F)(F)F. The molecule has 0 aromatic carbocycles. The molecule has 0 fully saturated rings. The lowest BCUT2D eigenvalue weighted by molar-refractivity contribution is -0.464. The Labute approximate surface area is 141 Å². The number of hydrogen-bond donors (Lipinski definition) is 0. The third-order valence-corrected chi connectivity index (χ3v) is 2.98. The van der Waals surface area contributed by atoms with Crippen LogP contribution in [0, 0.1) is 0 Å². The molecule has 0 N–H and O–H groups in total. The van der Waals surface area contributed by atoms with E-state index in [4.69, 9.17) is 0 Å². The van der Waals surface area contributed by atoms with Crippen LogP contribution in [-0.2, 0) is 9.53 Å². The summed E-state index contributed by atoms with van der Waals surface area (Å²) >= 11 is 0. The first-order chi connectivity index (χ1) is 11.6. The van der Waals surface area contributed by atoms with Crippen molar-refractivity contribution in [1.82, 2.24) is 0 Å². The molecule has 0 aromatic heterocycles. The minimum Gasteiger partial charge on any atom is -0.411 e. The first-order valence-corrected chi connectivity index (χ1v) is 6.47. The lowest BCUT2D eigenvalue weighted by Crippen LogP contribution is -2.72. The highest BCUT2D eigenvalue weighted by atomic mass is 19.4. The molecule has 0 rings (SSSR count). The van der Waals surface area contributed by atoms with Gasteiger partial charge in [0.05, 0.1) is 0 Å². The van der Waals surface area contributed by atoms with Crippen LogP contribution in [0.25, 0.3) is 0 Å². The highest BCUT2D eigenvalue weighted by Gasteiger charge is 2.92. The molecule has 15 heteroatoms. The van der Waals surface area contributed by atoms with Crippen LogP contribution in [0.3, 0.4) is 0 Å². The van der Waals surface area contributed by atoms with E-state index in [1.165, 1.54) is 6.92 Å². The molecule has 160 valence electrons. The van der Waals surface area contributed by atoms with Gasteiger partial charge in [-0.25, -0.2) is 4.79 Å². The van der Waals surface area contributed by atoms with Crippen molar-refractivity contribution in [3.63, 3.8) is 0 Å². The number of carbonyl (C=O) groups excluding carboxylic acids is 1. The van der Waals surface area contributed by atoms with E-state index in [1.54, 1.807) is 0 Å². The maximum Gasteiger partial charge on any atom is 0.467 e. The van der Waals surface area contributed by atoms with E-state index in [9.17, 15) is 61.9 Å². The molecule has 0 aliphatic heterocycles. The Hall–Kier alpha value is -1.70. The highest BCUT2D eigenvalue weighted by molar-refractivity contribution is 5.88. The molecule has 0 spiro atoms. The van der Waals surface area contributed by atoms with Crippen LogP contribution in [0.15, 0.2) is 11.6 Å². The van der Waals surface area contributed by atoms with Crippen molar-refractivity contribution >= 4 is 5.97 Å². The minimum absolute atomic E-state index is 0.176. The second kappa shape index (κ2) is 7.04. The van der Waals surface area contributed by atoms with E-state index in [1.807, 2.05) is 0 Å². The van der Waals surface area contributed by atoms with E-state index in [-0.39, 0.29) is 6.42 Å². The van der Waals surface area contributed by atoms with Crippen molar-refractivity contribution < 1.29 is 66.6 Å². The average Bonchev–Trinajstić information content (AvgIpc) is 2.44. The minimum atomic E-state index is -7.99. The van der Waals surface area contributed by atoms with Gasteiger partial charge in [0.2, 0.25) is 0 Å². The van der Waals surface area contributed by atoms with Crippen LogP contribution in [0.5, 0.6) is 0 Å². The summed E-state index contributed by atoms with van der Waals surface area (Å²) in [5.74, 6) is -33.5. The Kier molecular flexibility index (Phi) is 6.59. The van der Waals surface area contributed by atoms with Crippen LogP contribution in [0.2, 0.25) is 0 Å². The average molecular weight is 432 g/mol. The Bertz CT molecular complexity index is 587. The van der Waals surface area contributed by atoms with E-state index in [2.05, 4.69) is 4.74 Å². The molecule has 1 atom stereocenters. The summed E-state index contributed by atoms with van der Waals surface area (Å²) in [6.07, 6.45) is -14.3. The van der Waals surface area contributed by atoms with E-state index < -0.39 is 47.5 Å². The molecule has 2 nitrogen and oxygen atoms in total. The molecule has 0 aliphatic carbocycles. The van der Waals surface area contributed by atoms with Gasteiger partial charge < -0.3 is 4.74 Å². The standard InChI is InChI=1S/C12H9F13O2/c1-3-4-5(2)6(26)27-10(19,12(23,24)25)8(15,16)7(13,14)9(17,18)11(20,21)22/h4H,3H2,1-2H3. The van der Waals surface area contributed by atoms with Crippen molar-refractivity contribution in [2.45, 2.75) is 56.2 Å². The predicted octanol–water partition coefficient (Wildman–Crippen LogP) is 5.58. The number of allylic oxidation sites excluding steroid dienone is 1. The van der Waals surface area contributed by atoms with E-state index >= 15 is 0 Å². The smallest absolute Gasteiger partial charge is 0.411 e. The lowest BCUT2D eigenvalue weighted by Gasteiger charge is -2.40. The number of hydrogen-bond acceptors (Lipinski definition) is 2. The predicted molar refractivity (Wildman–Crippen MR) is 60.9 cm³/mol. The zero-order valence-corrected chi connectivity index (χ0v) is 13.0. The molecule has 0 saturated carbocycles. The number of alkyl halides is 13. The van der Waals surface area contributed by atoms with Gasteiger partial charge in [-0.2, -0.15) is 57.1 Å². The Morgan fingerprint density at radius 2 is 1.15 bits per heavy atom. The summed E-state index contributed by atoms with van der Waals surface area (Å²) < 4.78 is 169. The van der Waals surface area contributed by atoms with Crippen LogP contribution < -0.4 is 0 Å². The fraction of sp³-hybridized carbons (Fsp3) is 0.750. The third kappa shape index (κ3) is 3.95. The molecule has 0 aliphatic rings. The van der Waals surface area contributed by atoms with Gasteiger partial charge in [0.1, 0.15) is 0 Å². The van der Waals surface area contributed by atoms with Gasteiger partial charge in [0.25, 0.3) is 0 Å². The summed E-state index contributed by atoms with van der Waals surface area (Å²) in [4.78, 5) is 11.2. The fourth-order valence-electron chi connectivity index (χ4n) is 1.47. The third-order valence-electron chi connectivity index (χ3n) is 2.98. The van der Waals surface area contributed by atoms with Gasteiger partial charge in [-0.1, -0.05) is 13.0 Å². The summed E-state index contributed by atoms with van der Waals surface area (Å²) in [5, 5.41) is 0. The Balaban J connectivity index is 6.53. The summed E-state index contributed by atoms with van der Waals surface area (Å²) in [6, 6.07) is 0. The van der Waals surface area contributed by atoms with Gasteiger partial charge in [-0.3, -0.25) is 0 Å². The zero-order chi connectivity index (χ0) is 22.3. The highest BCUT2D eigenvalue weighted by Crippen LogP contribution is 2.60. The van der Waals surface area contributed by atoms with Crippen molar-refractivity contribution in [2.75, 3.05) is 0 Å². The maximum atomic E-state index is 13.8. The molecule has 1 unspecified atom stereocenters. The number of rotatable bonds is 6. The second-order valence-corrected chi connectivity index (χ2v) is 5.00. The maximum absolute atomic E-state index is 13.8. The number of halogens is 13. The lowest BCUT2D eigenvalue weighted by atomic mass is 9.96. The van der Waals surface area contributed by atoms with Crippen molar-refractivity contribution in [2.24, 2.45) is 0 Å².